The molecule has 1 aliphatic rings. The Hall–Kier alpha value is -2.02. The zero-order valence-corrected chi connectivity index (χ0v) is 21.5. The Morgan fingerprint density at radius 3 is 1.97 bits per heavy atom. The lowest BCUT2D eigenvalue weighted by atomic mass is 9.85. The summed E-state index contributed by atoms with van der Waals surface area (Å²) < 4.78 is 40.4. The van der Waals surface area contributed by atoms with E-state index < -0.39 is 10.2 Å². The molecule has 0 aliphatic heterocycles. The normalized spacial score (nSPS) is 12.6. The van der Waals surface area contributed by atoms with Crippen LogP contribution in [0.2, 0.25) is 0 Å². The van der Waals surface area contributed by atoms with Gasteiger partial charge >= 0.3 is 11.3 Å². The van der Waals surface area contributed by atoms with Crippen molar-refractivity contribution in [2.45, 2.75) is 90.4 Å². The molecular formula is C29H37ClO5. The van der Waals surface area contributed by atoms with Crippen molar-refractivity contribution in [3.63, 3.8) is 0 Å². The maximum atomic E-state index is 8.49. The molecule has 0 saturated carbocycles. The Morgan fingerprint density at radius 1 is 0.714 bits per heavy atom. The van der Waals surface area contributed by atoms with E-state index in [0.717, 1.165) is 24.2 Å². The van der Waals surface area contributed by atoms with Crippen LogP contribution < -0.4 is 18.6 Å². The Morgan fingerprint density at radius 2 is 1.29 bits per heavy atom. The van der Waals surface area contributed by atoms with Gasteiger partial charge in [0.25, 0.3) is 0 Å². The van der Waals surface area contributed by atoms with Crippen molar-refractivity contribution >= 4 is 11.0 Å². The molecule has 0 bridgehead atoms. The first kappa shape index (κ1) is 27.6. The molecule has 6 heteroatoms. The summed E-state index contributed by atoms with van der Waals surface area (Å²) in [4.78, 5) is 0. The van der Waals surface area contributed by atoms with Gasteiger partial charge in [0.2, 0.25) is 0 Å². The van der Waals surface area contributed by atoms with E-state index in [2.05, 4.69) is 55.5 Å². The fourth-order valence-electron chi connectivity index (χ4n) is 5.05. The minimum atomic E-state index is -4.94. The molecule has 2 aromatic carbocycles. The molecule has 0 atom stereocenters. The lowest BCUT2D eigenvalue weighted by Gasteiger charge is -2.17. The first-order valence-corrected chi connectivity index (χ1v) is 14.2. The number of unbranched alkanes of at least 4 members (excludes halogenated alkanes) is 9. The van der Waals surface area contributed by atoms with Crippen LogP contribution >= 0.6 is 0 Å². The highest BCUT2D eigenvalue weighted by Gasteiger charge is 2.30. The van der Waals surface area contributed by atoms with E-state index in [9.17, 15) is 0 Å². The number of aryl methyl sites for hydroxylation is 2. The van der Waals surface area contributed by atoms with Gasteiger partial charge in [0, 0.05) is 6.07 Å². The summed E-state index contributed by atoms with van der Waals surface area (Å²) >= 11 is 0. The maximum absolute atomic E-state index is 8.49. The molecule has 0 spiro atoms. The van der Waals surface area contributed by atoms with Crippen LogP contribution in [-0.4, -0.2) is 0 Å². The quantitative estimate of drug-likeness (QED) is 0.290. The van der Waals surface area contributed by atoms with E-state index in [-0.39, 0.29) is 0 Å². The minimum absolute atomic E-state index is 1.04. The summed E-state index contributed by atoms with van der Waals surface area (Å²) in [5.41, 5.74) is 6.77. The van der Waals surface area contributed by atoms with E-state index in [1.54, 1.807) is 5.56 Å². The number of halogens is 1. The number of para-hydroxylation sites is 1. The van der Waals surface area contributed by atoms with Crippen molar-refractivity contribution in [3.8, 4) is 11.3 Å². The number of fused-ring (bicyclic) bond motifs is 4. The zero-order chi connectivity index (χ0) is 25.1. The molecule has 1 aromatic heterocycles. The van der Waals surface area contributed by atoms with E-state index in [4.69, 9.17) is 23.1 Å². The highest BCUT2D eigenvalue weighted by molar-refractivity contribution is 5.86. The number of benzene rings is 2. The van der Waals surface area contributed by atoms with Gasteiger partial charge < -0.3 is 0 Å². The molecule has 0 amide bonds. The fraction of sp³-hybridized carbons (Fsp3) is 0.483. The second-order valence-electron chi connectivity index (χ2n) is 9.35. The van der Waals surface area contributed by atoms with Crippen LogP contribution in [0.3, 0.4) is 0 Å². The Labute approximate surface area is 211 Å². The van der Waals surface area contributed by atoms with E-state index >= 15 is 0 Å². The van der Waals surface area contributed by atoms with Crippen LogP contribution in [0.4, 0.5) is 0 Å². The maximum Gasteiger partial charge on any atom is 0.364 e. The predicted octanol–water partition coefficient (Wildman–Crippen LogP) is 4.19. The highest BCUT2D eigenvalue weighted by Crippen LogP contribution is 2.39. The Kier molecular flexibility index (Phi) is 11.0. The van der Waals surface area contributed by atoms with Gasteiger partial charge in [0.1, 0.15) is 0 Å². The molecule has 0 saturated heterocycles. The van der Waals surface area contributed by atoms with Crippen LogP contribution in [0.5, 0.6) is 0 Å². The van der Waals surface area contributed by atoms with Gasteiger partial charge in [-0.25, -0.2) is 23.1 Å². The molecule has 0 radical (unpaired) electrons. The first-order valence-electron chi connectivity index (χ1n) is 12.9. The summed E-state index contributed by atoms with van der Waals surface area (Å²) in [6.45, 7) is 2.29. The van der Waals surface area contributed by atoms with Crippen LogP contribution in [0, 0.1) is 10.2 Å². The second kappa shape index (κ2) is 13.9. The molecular weight excluding hydrogens is 464 g/mol. The van der Waals surface area contributed by atoms with E-state index in [1.807, 2.05) is 0 Å². The Bertz CT molecular complexity index is 1050. The molecule has 5 nitrogen and oxygen atoms in total. The Balaban J connectivity index is 0.000000623. The summed E-state index contributed by atoms with van der Waals surface area (Å²) in [7, 11) is -4.94. The molecule has 3 aromatic rings. The van der Waals surface area contributed by atoms with Gasteiger partial charge in [-0.05, 0) is 48.9 Å². The summed E-state index contributed by atoms with van der Waals surface area (Å²) in [6, 6.07) is 17.4. The van der Waals surface area contributed by atoms with E-state index in [0.29, 0.717) is 0 Å². The van der Waals surface area contributed by atoms with Gasteiger partial charge in [-0.1, -0.05) is 95.0 Å². The monoisotopic (exact) mass is 500 g/mol. The zero-order valence-electron chi connectivity index (χ0n) is 20.7. The molecule has 35 heavy (non-hydrogen) atoms. The van der Waals surface area contributed by atoms with Crippen LogP contribution in [0.15, 0.2) is 52.9 Å². The average molecular weight is 501 g/mol. The largest absolute Gasteiger partial charge is 0.364 e. The molecule has 0 fully saturated rings. The molecule has 1 aliphatic carbocycles. The molecule has 190 valence electrons. The molecule has 0 unspecified atom stereocenters. The van der Waals surface area contributed by atoms with Gasteiger partial charge in [-0.2, -0.15) is 0 Å². The third-order valence-corrected chi connectivity index (χ3v) is 6.75. The SMILES string of the molecule is CCCCCCCCCCCCc1c2c([o+]c3ccccc13)-c1ccccc1CC2.[O-][Cl+3]([O-])([O-])[O-]. The third-order valence-electron chi connectivity index (χ3n) is 6.75. The summed E-state index contributed by atoms with van der Waals surface area (Å²) in [5.74, 6) is 1.12. The van der Waals surface area contributed by atoms with Crippen LogP contribution in [-0.2, 0) is 19.3 Å². The van der Waals surface area contributed by atoms with Gasteiger partial charge in [0.15, 0.2) is 0 Å². The number of rotatable bonds is 11. The van der Waals surface area contributed by atoms with Crippen molar-refractivity contribution in [1.82, 2.24) is 0 Å². The van der Waals surface area contributed by atoms with Crippen molar-refractivity contribution in [3.05, 3.63) is 65.2 Å². The van der Waals surface area contributed by atoms with Crippen LogP contribution in [0.1, 0.15) is 87.8 Å². The number of hydrogen-bond donors (Lipinski definition) is 0. The summed E-state index contributed by atoms with van der Waals surface area (Å²) in [6.07, 6.45) is 17.3. The van der Waals surface area contributed by atoms with Gasteiger partial charge in [-0.15, -0.1) is 10.2 Å². The standard InChI is InChI=1S/C29H37O.ClHO4/c1-2-3-4-5-6-7-8-9-10-11-18-25-26-19-14-15-20-28(26)30-29-24-17-13-12-16-23(24)21-22-27(25)29;2-1(3,4)5/h12-17,19-20H,2-11,18,21-22H2,1H3;(H,2,3,4,5)/q+1;/p-1. The predicted molar refractivity (Wildman–Crippen MR) is 129 cm³/mol. The lowest BCUT2D eigenvalue weighted by molar-refractivity contribution is -2.00. The average Bonchev–Trinajstić information content (AvgIpc) is 2.83. The minimum Gasteiger partial charge on any atom is -0.222 e. The molecule has 4 rings (SSSR count). The van der Waals surface area contributed by atoms with E-state index in [1.165, 1.54) is 92.7 Å². The van der Waals surface area contributed by atoms with Crippen LogP contribution in [0.25, 0.3) is 22.3 Å². The lowest BCUT2D eigenvalue weighted by Crippen LogP contribution is -2.68. The topological polar surface area (TPSA) is 104 Å². The van der Waals surface area contributed by atoms with Gasteiger partial charge in [0.05, 0.1) is 16.5 Å². The smallest absolute Gasteiger partial charge is 0.222 e. The number of hydrogen-bond acceptors (Lipinski definition) is 4. The third kappa shape index (κ3) is 8.85. The highest BCUT2D eigenvalue weighted by atomic mass is 35.7. The van der Waals surface area contributed by atoms with Crippen molar-refractivity contribution < 1.29 is 33.3 Å². The van der Waals surface area contributed by atoms with Crippen molar-refractivity contribution in [2.24, 2.45) is 0 Å². The van der Waals surface area contributed by atoms with Gasteiger partial charge in [-0.3, -0.25) is 0 Å². The fourth-order valence-corrected chi connectivity index (χ4v) is 5.05. The second-order valence-corrected chi connectivity index (χ2v) is 10.1. The van der Waals surface area contributed by atoms with Crippen molar-refractivity contribution in [1.29, 1.82) is 0 Å². The summed E-state index contributed by atoms with van der Waals surface area (Å²) in [5, 5.41) is 1.33. The molecule has 0 N–H and O–H groups in total. The first-order chi connectivity index (χ1) is 16.9. The van der Waals surface area contributed by atoms with Crippen molar-refractivity contribution in [2.75, 3.05) is 0 Å². The molecule has 1 heterocycles.